The van der Waals surface area contributed by atoms with E-state index in [1.165, 1.54) is 4.88 Å². The van der Waals surface area contributed by atoms with E-state index in [9.17, 15) is 0 Å². The fourth-order valence-electron chi connectivity index (χ4n) is 1.63. The number of halogens is 2. The van der Waals surface area contributed by atoms with E-state index in [-0.39, 0.29) is 0 Å². The number of rotatable bonds is 4. The molecule has 0 aliphatic heterocycles. The molecule has 0 bridgehead atoms. The largest absolute Gasteiger partial charge is 0.368 e. The van der Waals surface area contributed by atoms with Crippen LogP contribution in [0.2, 0.25) is 0 Å². The van der Waals surface area contributed by atoms with Crippen molar-refractivity contribution in [1.82, 2.24) is 4.98 Å². The SMILES string of the molecule is CN(Cc1cc(Br)cs1)c1cnccc1CCl. The van der Waals surface area contributed by atoms with E-state index in [2.05, 4.69) is 44.3 Å². The van der Waals surface area contributed by atoms with E-state index >= 15 is 0 Å². The molecule has 2 aromatic rings. The lowest BCUT2D eigenvalue weighted by Gasteiger charge is -2.20. The third kappa shape index (κ3) is 3.21. The highest BCUT2D eigenvalue weighted by molar-refractivity contribution is 9.10. The van der Waals surface area contributed by atoms with Gasteiger partial charge >= 0.3 is 0 Å². The maximum absolute atomic E-state index is 5.92. The first-order valence-electron chi connectivity index (χ1n) is 5.13. The summed E-state index contributed by atoms with van der Waals surface area (Å²) in [5, 5.41) is 2.09. The monoisotopic (exact) mass is 330 g/mol. The number of alkyl halides is 1. The summed E-state index contributed by atoms with van der Waals surface area (Å²) in [5.41, 5.74) is 2.20. The highest BCUT2D eigenvalue weighted by Crippen LogP contribution is 2.25. The van der Waals surface area contributed by atoms with Crippen molar-refractivity contribution >= 4 is 44.6 Å². The zero-order valence-corrected chi connectivity index (χ0v) is 12.5. The highest BCUT2D eigenvalue weighted by Gasteiger charge is 2.08. The minimum atomic E-state index is 0.510. The lowest BCUT2D eigenvalue weighted by atomic mass is 10.2. The van der Waals surface area contributed by atoms with E-state index in [1.807, 2.05) is 12.3 Å². The van der Waals surface area contributed by atoms with E-state index in [0.717, 1.165) is 22.3 Å². The summed E-state index contributed by atoms with van der Waals surface area (Å²) in [6.45, 7) is 0.867. The Labute approximate surface area is 118 Å². The number of anilines is 1. The molecular formula is C12H12BrClN2S. The maximum Gasteiger partial charge on any atom is 0.0598 e. The Hall–Kier alpha value is -0.580. The molecular weight excluding hydrogens is 320 g/mol. The summed E-state index contributed by atoms with van der Waals surface area (Å²) in [5.74, 6) is 0.510. The first-order valence-corrected chi connectivity index (χ1v) is 7.34. The van der Waals surface area contributed by atoms with Gasteiger partial charge in [0, 0.05) is 33.9 Å². The predicted octanol–water partition coefficient (Wildman–Crippen LogP) is 4.28. The van der Waals surface area contributed by atoms with Crippen molar-refractivity contribution < 1.29 is 0 Å². The van der Waals surface area contributed by atoms with Crippen molar-refractivity contribution in [3.05, 3.63) is 44.8 Å². The topological polar surface area (TPSA) is 16.1 Å². The van der Waals surface area contributed by atoms with Crippen LogP contribution in [0.3, 0.4) is 0 Å². The molecule has 2 nitrogen and oxygen atoms in total. The average Bonchev–Trinajstić information content (AvgIpc) is 2.74. The standard InChI is InChI=1S/C12H12BrClN2S/c1-16(7-11-4-10(13)8-17-11)12-6-15-3-2-9(12)5-14/h2-4,6,8H,5,7H2,1H3. The van der Waals surface area contributed by atoms with Crippen molar-refractivity contribution in [1.29, 1.82) is 0 Å². The van der Waals surface area contributed by atoms with Crippen LogP contribution in [0.5, 0.6) is 0 Å². The predicted molar refractivity (Wildman–Crippen MR) is 77.9 cm³/mol. The van der Waals surface area contributed by atoms with Crippen molar-refractivity contribution in [3.63, 3.8) is 0 Å². The van der Waals surface area contributed by atoms with Crippen LogP contribution in [0.1, 0.15) is 10.4 Å². The Morgan fingerprint density at radius 3 is 3.00 bits per heavy atom. The molecule has 0 spiro atoms. The molecule has 0 amide bonds. The Morgan fingerprint density at radius 1 is 1.53 bits per heavy atom. The summed E-state index contributed by atoms with van der Waals surface area (Å²) in [4.78, 5) is 7.63. The van der Waals surface area contributed by atoms with Gasteiger partial charge in [0.05, 0.1) is 18.4 Å². The van der Waals surface area contributed by atoms with Crippen molar-refractivity contribution in [3.8, 4) is 0 Å². The van der Waals surface area contributed by atoms with Crippen LogP contribution < -0.4 is 4.90 Å². The molecule has 0 aromatic carbocycles. The number of thiophene rings is 1. The lowest BCUT2D eigenvalue weighted by Crippen LogP contribution is -2.17. The third-order valence-electron chi connectivity index (χ3n) is 2.46. The third-order valence-corrected chi connectivity index (χ3v) is 4.43. The van der Waals surface area contributed by atoms with Crippen LogP contribution in [0.4, 0.5) is 5.69 Å². The van der Waals surface area contributed by atoms with E-state index < -0.39 is 0 Å². The second-order valence-corrected chi connectivity index (χ2v) is 5.90. The maximum atomic E-state index is 5.92. The smallest absolute Gasteiger partial charge is 0.0598 e. The molecule has 0 aliphatic rings. The Morgan fingerprint density at radius 2 is 2.35 bits per heavy atom. The summed E-state index contributed by atoms with van der Waals surface area (Å²) < 4.78 is 1.13. The van der Waals surface area contributed by atoms with Gasteiger partial charge in [0.2, 0.25) is 0 Å². The van der Waals surface area contributed by atoms with Gasteiger partial charge in [0.25, 0.3) is 0 Å². The Bertz CT molecular complexity index is 501. The number of hydrogen-bond acceptors (Lipinski definition) is 3. The van der Waals surface area contributed by atoms with Gasteiger partial charge in [0.1, 0.15) is 0 Å². The van der Waals surface area contributed by atoms with Gasteiger partial charge in [-0.15, -0.1) is 22.9 Å². The fourth-order valence-corrected chi connectivity index (χ4v) is 3.36. The number of aromatic nitrogens is 1. The summed E-state index contributed by atoms with van der Waals surface area (Å²) >= 11 is 11.1. The molecule has 90 valence electrons. The molecule has 2 heterocycles. The van der Waals surface area contributed by atoms with Crippen molar-refractivity contribution in [2.24, 2.45) is 0 Å². The number of hydrogen-bond donors (Lipinski definition) is 0. The molecule has 0 saturated heterocycles. The summed E-state index contributed by atoms with van der Waals surface area (Å²) in [7, 11) is 2.06. The van der Waals surface area contributed by atoms with Gasteiger partial charge < -0.3 is 4.90 Å². The molecule has 2 aromatic heterocycles. The first kappa shape index (κ1) is 12.9. The Balaban J connectivity index is 2.16. The van der Waals surface area contributed by atoms with Crippen molar-refractivity contribution in [2.75, 3.05) is 11.9 Å². The minimum Gasteiger partial charge on any atom is -0.368 e. The van der Waals surface area contributed by atoms with Crippen LogP contribution in [-0.2, 0) is 12.4 Å². The van der Waals surface area contributed by atoms with Gasteiger partial charge in [-0.3, -0.25) is 4.98 Å². The van der Waals surface area contributed by atoms with Crippen LogP contribution in [0.25, 0.3) is 0 Å². The normalized spacial score (nSPS) is 10.5. The quantitative estimate of drug-likeness (QED) is 0.777. The molecule has 0 fully saturated rings. The minimum absolute atomic E-state index is 0.510. The Kier molecular flexibility index (Phi) is 4.42. The summed E-state index contributed by atoms with van der Waals surface area (Å²) in [6, 6.07) is 4.10. The van der Waals surface area contributed by atoms with Gasteiger partial charge in [-0.25, -0.2) is 0 Å². The fraction of sp³-hybridized carbons (Fsp3) is 0.250. The van der Waals surface area contributed by atoms with E-state index in [4.69, 9.17) is 11.6 Å². The van der Waals surface area contributed by atoms with Crippen LogP contribution >= 0.6 is 38.9 Å². The lowest BCUT2D eigenvalue weighted by molar-refractivity contribution is 0.925. The second kappa shape index (κ2) is 5.85. The van der Waals surface area contributed by atoms with Gasteiger partial charge in [-0.2, -0.15) is 0 Å². The van der Waals surface area contributed by atoms with E-state index in [0.29, 0.717) is 5.88 Å². The van der Waals surface area contributed by atoms with Crippen LogP contribution in [-0.4, -0.2) is 12.0 Å². The average molecular weight is 332 g/mol. The molecule has 0 unspecified atom stereocenters. The van der Waals surface area contributed by atoms with Crippen LogP contribution in [0, 0.1) is 0 Å². The molecule has 0 N–H and O–H groups in total. The molecule has 5 heteroatoms. The molecule has 0 saturated carbocycles. The van der Waals surface area contributed by atoms with Gasteiger partial charge in [-0.1, -0.05) is 0 Å². The van der Waals surface area contributed by atoms with Gasteiger partial charge in [0.15, 0.2) is 0 Å². The zero-order chi connectivity index (χ0) is 12.3. The second-order valence-electron chi connectivity index (χ2n) is 3.73. The molecule has 2 rings (SSSR count). The van der Waals surface area contributed by atoms with Crippen molar-refractivity contribution in [2.45, 2.75) is 12.4 Å². The highest BCUT2D eigenvalue weighted by atomic mass is 79.9. The van der Waals surface area contributed by atoms with E-state index in [1.54, 1.807) is 17.5 Å². The number of pyridine rings is 1. The first-order chi connectivity index (χ1) is 8.20. The molecule has 0 atom stereocenters. The molecule has 0 aliphatic carbocycles. The summed E-state index contributed by atoms with van der Waals surface area (Å²) in [6.07, 6.45) is 3.64. The number of nitrogens with zero attached hydrogens (tertiary/aromatic N) is 2. The molecule has 17 heavy (non-hydrogen) atoms. The van der Waals surface area contributed by atoms with Crippen LogP contribution in [0.15, 0.2) is 34.4 Å². The zero-order valence-electron chi connectivity index (χ0n) is 9.36. The van der Waals surface area contributed by atoms with Gasteiger partial charge in [-0.05, 0) is 33.6 Å². The molecule has 0 radical (unpaired) electrons.